The van der Waals surface area contributed by atoms with Crippen LogP contribution in [-0.2, 0) is 37.4 Å². The van der Waals surface area contributed by atoms with Gasteiger partial charge in [-0.2, -0.15) is 5.56 Å². The van der Waals surface area contributed by atoms with Gasteiger partial charge in [0.1, 0.15) is 5.75 Å². The second-order valence-electron chi connectivity index (χ2n) is 4.59. The number of nitrogens with one attached hydrogen (secondary N) is 1. The maximum Gasteiger partial charge on any atom is 0.116 e. The van der Waals surface area contributed by atoms with Crippen molar-refractivity contribution in [3.05, 3.63) is 48.2 Å². The van der Waals surface area contributed by atoms with Gasteiger partial charge in [0.15, 0.2) is 0 Å². The van der Waals surface area contributed by atoms with Crippen LogP contribution < -0.4 is 10.1 Å². The summed E-state index contributed by atoms with van der Waals surface area (Å²) < 4.78 is 11.0. The Labute approximate surface area is 165 Å². The number of methoxy groups -OCH3 is 1. The van der Waals surface area contributed by atoms with Crippen LogP contribution in [0.2, 0.25) is 0 Å². The summed E-state index contributed by atoms with van der Waals surface area (Å²) >= 11 is 2.37. The molecule has 0 fully saturated rings. The molecule has 0 aliphatic carbocycles. The van der Waals surface area contributed by atoms with Gasteiger partial charge in [0.2, 0.25) is 0 Å². The Morgan fingerprint density at radius 2 is 2.05 bits per heavy atom. The third-order valence-corrected chi connectivity index (χ3v) is 4.22. The molecule has 1 atom stereocenters. The molecule has 1 heterocycles. The molecule has 21 heavy (non-hydrogen) atoms. The fraction of sp³-hybridized carbons (Fsp3) is 0.375. The van der Waals surface area contributed by atoms with Crippen molar-refractivity contribution < 1.29 is 42.2 Å². The molecular formula is C16H19INO2Y-. The van der Waals surface area contributed by atoms with E-state index in [0.717, 1.165) is 42.2 Å². The molecule has 111 valence electrons. The molecule has 0 saturated heterocycles. The van der Waals surface area contributed by atoms with Crippen LogP contribution in [0.15, 0.2) is 36.5 Å². The first-order valence-electron chi connectivity index (χ1n) is 6.63. The van der Waals surface area contributed by atoms with Crippen molar-refractivity contribution in [1.82, 2.24) is 5.32 Å². The van der Waals surface area contributed by atoms with E-state index in [1.807, 2.05) is 24.3 Å². The van der Waals surface area contributed by atoms with E-state index in [1.54, 1.807) is 7.11 Å². The molecule has 0 amide bonds. The predicted octanol–water partition coefficient (Wildman–Crippen LogP) is 3.55. The van der Waals surface area contributed by atoms with E-state index in [1.165, 1.54) is 0 Å². The normalized spacial score (nSPS) is 17.5. The Bertz CT molecular complexity index is 488. The third-order valence-electron chi connectivity index (χ3n) is 3.03. The zero-order chi connectivity index (χ0) is 14.4. The van der Waals surface area contributed by atoms with E-state index in [4.69, 9.17) is 9.47 Å². The van der Waals surface area contributed by atoms with Crippen molar-refractivity contribution in [2.24, 2.45) is 0 Å². The molecule has 1 aromatic carbocycles. The summed E-state index contributed by atoms with van der Waals surface area (Å²) in [6.07, 6.45) is 5.17. The Kier molecular flexibility index (Phi) is 9.10. The minimum atomic E-state index is 0. The van der Waals surface area contributed by atoms with Crippen molar-refractivity contribution in [3.63, 3.8) is 0 Å². The van der Waals surface area contributed by atoms with Gasteiger partial charge < -0.3 is 14.8 Å². The summed E-state index contributed by atoms with van der Waals surface area (Å²) in [4.78, 5) is 0. The van der Waals surface area contributed by atoms with Gasteiger partial charge in [0.25, 0.3) is 0 Å². The minimum Gasteiger partial charge on any atom is -0.494 e. The third kappa shape index (κ3) is 6.01. The summed E-state index contributed by atoms with van der Waals surface area (Å²) in [7, 11) is 1.70. The quantitative estimate of drug-likeness (QED) is 0.297. The average molecular weight is 473 g/mol. The van der Waals surface area contributed by atoms with Crippen molar-refractivity contribution in [2.45, 2.75) is 16.8 Å². The molecule has 0 bridgehead atoms. The largest absolute Gasteiger partial charge is 0.494 e. The molecule has 1 radical (unpaired) electrons. The number of hydrogen-bond acceptors (Lipinski definition) is 3. The standard InChI is InChI=1S/C16H19INO2.Y/c1-12-15(17)8-9-16(18-12)13-4-6-14(7-5-13)20-11-3-10-19-2;/h4-7,15,18H,1,3,8,10-11H2,2H3;/q-1;. The van der Waals surface area contributed by atoms with E-state index < -0.39 is 0 Å². The van der Waals surface area contributed by atoms with Gasteiger partial charge >= 0.3 is 0 Å². The number of rotatable bonds is 6. The van der Waals surface area contributed by atoms with Crippen LogP contribution in [0.1, 0.15) is 18.4 Å². The van der Waals surface area contributed by atoms with Crippen LogP contribution in [0.4, 0.5) is 0 Å². The van der Waals surface area contributed by atoms with Gasteiger partial charge in [-0.25, -0.2) is 6.08 Å². The molecule has 1 aliphatic rings. The molecule has 5 heteroatoms. The van der Waals surface area contributed by atoms with Crippen LogP contribution in [0.5, 0.6) is 5.75 Å². The number of hydrogen-bond donors (Lipinski definition) is 1. The zero-order valence-electron chi connectivity index (χ0n) is 12.2. The summed E-state index contributed by atoms with van der Waals surface area (Å²) in [5.74, 6) is 0.881. The average Bonchev–Trinajstić information content (AvgIpc) is 2.47. The number of ether oxygens (including phenoxy) is 2. The first kappa shape index (κ1) is 19.1. The second kappa shape index (κ2) is 9.98. The Hall–Kier alpha value is 0.0939. The Morgan fingerprint density at radius 1 is 1.33 bits per heavy atom. The summed E-state index contributed by atoms with van der Waals surface area (Å²) in [6, 6.07) is 8.05. The molecule has 1 aliphatic heterocycles. The summed E-state index contributed by atoms with van der Waals surface area (Å²) in [5.41, 5.74) is 3.16. The minimum absolute atomic E-state index is 0. The van der Waals surface area contributed by atoms with E-state index in [9.17, 15) is 0 Å². The van der Waals surface area contributed by atoms with E-state index in [2.05, 4.69) is 40.6 Å². The van der Waals surface area contributed by atoms with Crippen LogP contribution >= 0.6 is 22.6 Å². The van der Waals surface area contributed by atoms with Crippen LogP contribution in [-0.4, -0.2) is 24.2 Å². The van der Waals surface area contributed by atoms with Gasteiger partial charge in [-0.3, -0.25) is 0 Å². The molecule has 0 saturated carbocycles. The SMILES string of the molecule is C=C1NC(c2ccc(OCCCOC)cc2)=[C-]CC1I.[Y]. The maximum absolute atomic E-state index is 5.64. The smallest absolute Gasteiger partial charge is 0.116 e. The number of benzene rings is 1. The number of alkyl halides is 1. The van der Waals surface area contributed by atoms with Crippen LogP contribution in [0.3, 0.4) is 0 Å². The number of allylic oxidation sites excluding steroid dienone is 2. The summed E-state index contributed by atoms with van der Waals surface area (Å²) in [5, 5.41) is 3.31. The predicted molar refractivity (Wildman–Crippen MR) is 89.8 cm³/mol. The monoisotopic (exact) mass is 473 g/mol. The molecule has 0 aromatic heterocycles. The van der Waals surface area contributed by atoms with Crippen LogP contribution in [0, 0.1) is 6.08 Å². The number of halogens is 1. The fourth-order valence-corrected chi connectivity index (χ4v) is 2.26. The fourth-order valence-electron chi connectivity index (χ4n) is 1.88. The maximum atomic E-state index is 5.64. The molecule has 1 aromatic rings. The van der Waals surface area contributed by atoms with Crippen molar-refractivity contribution in [2.75, 3.05) is 20.3 Å². The molecule has 1 N–H and O–H groups in total. The Morgan fingerprint density at radius 3 is 2.67 bits per heavy atom. The zero-order valence-corrected chi connectivity index (χ0v) is 17.2. The molecule has 0 spiro atoms. The molecular weight excluding hydrogens is 454 g/mol. The van der Waals surface area contributed by atoms with E-state index in [-0.39, 0.29) is 32.7 Å². The van der Waals surface area contributed by atoms with Gasteiger partial charge in [-0.1, -0.05) is 35.6 Å². The van der Waals surface area contributed by atoms with Gasteiger partial charge in [-0.05, 0) is 12.1 Å². The van der Waals surface area contributed by atoms with Crippen molar-refractivity contribution >= 4 is 28.3 Å². The van der Waals surface area contributed by atoms with Crippen LogP contribution in [0.25, 0.3) is 5.70 Å². The van der Waals surface area contributed by atoms with Crippen molar-refractivity contribution in [3.8, 4) is 5.75 Å². The second-order valence-corrected chi connectivity index (χ2v) is 6.10. The topological polar surface area (TPSA) is 30.5 Å². The summed E-state index contributed by atoms with van der Waals surface area (Å²) in [6.45, 7) is 5.43. The van der Waals surface area contributed by atoms with Crippen molar-refractivity contribution in [1.29, 1.82) is 0 Å². The van der Waals surface area contributed by atoms with Gasteiger partial charge in [0.05, 0.1) is 6.61 Å². The first-order valence-corrected chi connectivity index (χ1v) is 7.88. The molecule has 1 unspecified atom stereocenters. The van der Waals surface area contributed by atoms with Gasteiger partial charge in [0, 0.05) is 62.5 Å². The van der Waals surface area contributed by atoms with E-state index >= 15 is 0 Å². The Balaban J connectivity index is 0.00000220. The molecule has 3 nitrogen and oxygen atoms in total. The van der Waals surface area contributed by atoms with E-state index in [0.29, 0.717) is 10.5 Å². The van der Waals surface area contributed by atoms with Gasteiger partial charge in [-0.15, -0.1) is 17.8 Å². The molecule has 2 rings (SSSR count). The first-order chi connectivity index (χ1) is 9.70.